The normalized spacial score (nSPS) is 18.4. The van der Waals surface area contributed by atoms with Crippen molar-refractivity contribution in [3.05, 3.63) is 35.4 Å². The molecule has 0 aromatic heterocycles. The summed E-state index contributed by atoms with van der Waals surface area (Å²) >= 11 is 0. The van der Waals surface area contributed by atoms with E-state index in [4.69, 9.17) is 4.74 Å². The van der Waals surface area contributed by atoms with Crippen molar-refractivity contribution in [2.75, 3.05) is 19.7 Å². The van der Waals surface area contributed by atoms with Crippen LogP contribution in [0.5, 0.6) is 0 Å². The molecule has 1 aliphatic heterocycles. The second-order valence-electron chi connectivity index (χ2n) is 5.35. The molecule has 1 atom stereocenters. The molecule has 1 heterocycles. The van der Waals surface area contributed by atoms with Gasteiger partial charge in [0.15, 0.2) is 0 Å². The third-order valence-electron chi connectivity index (χ3n) is 3.96. The number of nitrogens with zero attached hydrogens (tertiary/aromatic N) is 1. The number of esters is 1. The fourth-order valence-corrected chi connectivity index (χ4v) is 2.82. The number of amides is 1. The number of rotatable bonds is 4. The van der Waals surface area contributed by atoms with E-state index in [0.29, 0.717) is 19.7 Å². The summed E-state index contributed by atoms with van der Waals surface area (Å²) in [6.45, 7) is 5.43. The Balaban J connectivity index is 2.10. The van der Waals surface area contributed by atoms with Crippen LogP contribution in [-0.4, -0.2) is 36.5 Å². The molecule has 2 rings (SSSR count). The number of aryl methyl sites for hydroxylation is 1. The molecule has 1 aromatic rings. The predicted octanol–water partition coefficient (Wildman–Crippen LogP) is 2.66. The molecule has 0 spiro atoms. The topological polar surface area (TPSA) is 46.6 Å². The number of piperidine rings is 1. The first kappa shape index (κ1) is 15.5. The maximum atomic E-state index is 12.7. The van der Waals surface area contributed by atoms with Crippen molar-refractivity contribution in [3.8, 4) is 0 Å². The van der Waals surface area contributed by atoms with Crippen LogP contribution < -0.4 is 0 Å². The summed E-state index contributed by atoms with van der Waals surface area (Å²) in [5.41, 5.74) is 1.81. The van der Waals surface area contributed by atoms with Crippen molar-refractivity contribution in [1.82, 2.24) is 4.90 Å². The van der Waals surface area contributed by atoms with E-state index in [1.807, 2.05) is 31.2 Å². The van der Waals surface area contributed by atoms with Crippen molar-refractivity contribution in [2.45, 2.75) is 33.1 Å². The van der Waals surface area contributed by atoms with Crippen LogP contribution in [-0.2, 0) is 16.0 Å². The van der Waals surface area contributed by atoms with Gasteiger partial charge in [-0.05, 0) is 37.8 Å². The first-order valence-electron chi connectivity index (χ1n) is 7.71. The summed E-state index contributed by atoms with van der Waals surface area (Å²) in [5.74, 6) is -0.336. The molecule has 0 unspecified atom stereocenters. The Bertz CT molecular complexity index is 513. The van der Waals surface area contributed by atoms with E-state index in [0.717, 1.165) is 30.4 Å². The van der Waals surface area contributed by atoms with E-state index in [1.165, 1.54) is 0 Å². The molecular weight excluding hydrogens is 266 g/mol. The molecule has 114 valence electrons. The molecule has 1 saturated heterocycles. The van der Waals surface area contributed by atoms with E-state index >= 15 is 0 Å². The van der Waals surface area contributed by atoms with E-state index < -0.39 is 0 Å². The van der Waals surface area contributed by atoms with Gasteiger partial charge in [-0.1, -0.05) is 25.1 Å². The van der Waals surface area contributed by atoms with Gasteiger partial charge in [0.1, 0.15) is 0 Å². The molecule has 4 nitrogen and oxygen atoms in total. The van der Waals surface area contributed by atoms with Gasteiger partial charge in [-0.25, -0.2) is 0 Å². The number of hydrogen-bond acceptors (Lipinski definition) is 3. The van der Waals surface area contributed by atoms with Crippen molar-refractivity contribution >= 4 is 11.9 Å². The molecule has 4 heteroatoms. The van der Waals surface area contributed by atoms with Gasteiger partial charge in [-0.15, -0.1) is 0 Å². The van der Waals surface area contributed by atoms with Gasteiger partial charge in [-0.2, -0.15) is 0 Å². The Morgan fingerprint density at radius 2 is 2.05 bits per heavy atom. The lowest BCUT2D eigenvalue weighted by molar-refractivity contribution is -0.149. The smallest absolute Gasteiger partial charge is 0.310 e. The molecule has 0 saturated carbocycles. The zero-order valence-corrected chi connectivity index (χ0v) is 12.8. The Hall–Kier alpha value is -1.84. The number of hydrogen-bond donors (Lipinski definition) is 0. The highest BCUT2D eigenvalue weighted by molar-refractivity contribution is 5.96. The molecule has 1 fully saturated rings. The van der Waals surface area contributed by atoms with Gasteiger partial charge < -0.3 is 9.64 Å². The number of carbonyl (C=O) groups excluding carboxylic acids is 2. The molecule has 21 heavy (non-hydrogen) atoms. The van der Waals surface area contributed by atoms with Crippen LogP contribution in [0.25, 0.3) is 0 Å². The Labute approximate surface area is 126 Å². The maximum absolute atomic E-state index is 12.7. The summed E-state index contributed by atoms with van der Waals surface area (Å²) in [6, 6.07) is 7.70. The lowest BCUT2D eigenvalue weighted by Gasteiger charge is -2.32. The van der Waals surface area contributed by atoms with Crippen LogP contribution in [0, 0.1) is 5.92 Å². The minimum absolute atomic E-state index is 0.0291. The zero-order chi connectivity index (χ0) is 15.2. The van der Waals surface area contributed by atoms with Gasteiger partial charge in [0.05, 0.1) is 12.5 Å². The molecule has 1 amide bonds. The van der Waals surface area contributed by atoms with Crippen LogP contribution in [0.3, 0.4) is 0 Å². The minimum atomic E-state index is -0.184. The highest BCUT2D eigenvalue weighted by Gasteiger charge is 2.30. The van der Waals surface area contributed by atoms with E-state index in [-0.39, 0.29) is 17.8 Å². The molecule has 1 aromatic carbocycles. The number of likely N-dealkylation sites (tertiary alicyclic amines) is 1. The van der Waals surface area contributed by atoms with E-state index in [2.05, 4.69) is 0 Å². The van der Waals surface area contributed by atoms with Crippen LogP contribution in [0.2, 0.25) is 0 Å². The molecule has 0 aliphatic carbocycles. The van der Waals surface area contributed by atoms with Crippen molar-refractivity contribution in [3.63, 3.8) is 0 Å². The SMILES string of the molecule is CCOC(=O)[C@H]1CCCN(C(=O)c2ccccc2CC)C1. The van der Waals surface area contributed by atoms with Crippen LogP contribution in [0.15, 0.2) is 24.3 Å². The van der Waals surface area contributed by atoms with E-state index in [1.54, 1.807) is 11.8 Å². The quantitative estimate of drug-likeness (QED) is 0.801. The van der Waals surface area contributed by atoms with Gasteiger partial charge in [0.25, 0.3) is 5.91 Å². The van der Waals surface area contributed by atoms with Gasteiger partial charge in [0.2, 0.25) is 0 Å². The highest BCUT2D eigenvalue weighted by Crippen LogP contribution is 2.21. The summed E-state index contributed by atoms with van der Waals surface area (Å²) in [6.07, 6.45) is 2.48. The first-order chi connectivity index (χ1) is 10.2. The highest BCUT2D eigenvalue weighted by atomic mass is 16.5. The lowest BCUT2D eigenvalue weighted by atomic mass is 9.96. The van der Waals surface area contributed by atoms with E-state index in [9.17, 15) is 9.59 Å². The van der Waals surface area contributed by atoms with Crippen LogP contribution in [0.1, 0.15) is 42.6 Å². The average molecular weight is 289 g/mol. The van der Waals surface area contributed by atoms with Crippen molar-refractivity contribution < 1.29 is 14.3 Å². The molecule has 0 bridgehead atoms. The van der Waals surface area contributed by atoms with Crippen LogP contribution in [0.4, 0.5) is 0 Å². The molecule has 0 radical (unpaired) electrons. The summed E-state index contributed by atoms with van der Waals surface area (Å²) in [5, 5.41) is 0. The standard InChI is InChI=1S/C17H23NO3/c1-3-13-8-5-6-10-15(13)16(19)18-11-7-9-14(12-18)17(20)21-4-2/h5-6,8,10,14H,3-4,7,9,11-12H2,1-2H3/t14-/m0/s1. The Morgan fingerprint density at radius 3 is 2.76 bits per heavy atom. The second-order valence-corrected chi connectivity index (χ2v) is 5.35. The van der Waals surface area contributed by atoms with Crippen LogP contribution >= 0.6 is 0 Å². The fourth-order valence-electron chi connectivity index (χ4n) is 2.82. The molecular formula is C17H23NO3. The number of ether oxygens (including phenoxy) is 1. The van der Waals surface area contributed by atoms with Gasteiger partial charge >= 0.3 is 5.97 Å². The summed E-state index contributed by atoms with van der Waals surface area (Å²) in [4.78, 5) is 26.3. The lowest BCUT2D eigenvalue weighted by Crippen LogP contribution is -2.43. The summed E-state index contributed by atoms with van der Waals surface area (Å²) < 4.78 is 5.08. The fraction of sp³-hybridized carbons (Fsp3) is 0.529. The van der Waals surface area contributed by atoms with Crippen molar-refractivity contribution in [1.29, 1.82) is 0 Å². The molecule has 1 aliphatic rings. The number of benzene rings is 1. The van der Waals surface area contributed by atoms with Gasteiger partial charge in [0, 0.05) is 18.7 Å². The Kier molecular flexibility index (Phi) is 5.37. The predicted molar refractivity (Wildman–Crippen MR) is 81.1 cm³/mol. The second kappa shape index (κ2) is 7.25. The first-order valence-corrected chi connectivity index (χ1v) is 7.71. The van der Waals surface area contributed by atoms with Crippen molar-refractivity contribution in [2.24, 2.45) is 5.92 Å². The van der Waals surface area contributed by atoms with Gasteiger partial charge in [-0.3, -0.25) is 9.59 Å². The third-order valence-corrected chi connectivity index (χ3v) is 3.96. The summed E-state index contributed by atoms with van der Waals surface area (Å²) in [7, 11) is 0. The number of carbonyl (C=O) groups is 2. The average Bonchev–Trinajstić information content (AvgIpc) is 2.54. The third kappa shape index (κ3) is 3.63. The zero-order valence-electron chi connectivity index (χ0n) is 12.8. The monoisotopic (exact) mass is 289 g/mol. The maximum Gasteiger partial charge on any atom is 0.310 e. The largest absolute Gasteiger partial charge is 0.466 e. The minimum Gasteiger partial charge on any atom is -0.466 e. The Morgan fingerprint density at radius 1 is 1.29 bits per heavy atom. The molecule has 0 N–H and O–H groups in total.